The highest BCUT2D eigenvalue weighted by molar-refractivity contribution is 5.80. The number of hydrogen-bond donors (Lipinski definition) is 3. The molecule has 0 aromatic rings. The van der Waals surface area contributed by atoms with Crippen LogP contribution in [0.25, 0.3) is 0 Å². The first-order valence-electron chi connectivity index (χ1n) is 7.25. The van der Waals surface area contributed by atoms with Crippen LogP contribution in [0.1, 0.15) is 47.0 Å². The standard InChI is InChI=1S/C14H27N3O3/c1-5-10(17-13(19)20-14(2,3)4)9-6-7-16-11(8-9)12(15)18/h9-11,16H,5-8H2,1-4H3,(H2,15,18)(H,17,19). The second-order valence-electron chi connectivity index (χ2n) is 6.35. The summed E-state index contributed by atoms with van der Waals surface area (Å²) in [6.07, 6.45) is 1.97. The second-order valence-corrected chi connectivity index (χ2v) is 6.35. The van der Waals surface area contributed by atoms with E-state index in [4.69, 9.17) is 10.5 Å². The third-order valence-electron chi connectivity index (χ3n) is 3.50. The number of carbonyl (C=O) groups is 2. The highest BCUT2D eigenvalue weighted by atomic mass is 16.6. The summed E-state index contributed by atoms with van der Waals surface area (Å²) < 4.78 is 5.28. The van der Waals surface area contributed by atoms with Crippen LogP contribution < -0.4 is 16.4 Å². The smallest absolute Gasteiger partial charge is 0.407 e. The van der Waals surface area contributed by atoms with Gasteiger partial charge in [0.15, 0.2) is 0 Å². The van der Waals surface area contributed by atoms with Crippen molar-refractivity contribution in [2.24, 2.45) is 11.7 Å². The quantitative estimate of drug-likeness (QED) is 0.722. The summed E-state index contributed by atoms with van der Waals surface area (Å²) in [4.78, 5) is 23.1. The highest BCUT2D eigenvalue weighted by Gasteiger charge is 2.31. The molecule has 0 bridgehead atoms. The third kappa shape index (κ3) is 5.36. The average Bonchev–Trinajstić information content (AvgIpc) is 2.34. The lowest BCUT2D eigenvalue weighted by Gasteiger charge is -2.34. The minimum Gasteiger partial charge on any atom is -0.444 e. The number of alkyl carbamates (subject to hydrolysis) is 1. The fraction of sp³-hybridized carbons (Fsp3) is 0.857. The Bertz CT molecular complexity index is 352. The largest absolute Gasteiger partial charge is 0.444 e. The van der Waals surface area contributed by atoms with Gasteiger partial charge >= 0.3 is 6.09 Å². The maximum atomic E-state index is 11.8. The fourth-order valence-corrected chi connectivity index (χ4v) is 2.54. The van der Waals surface area contributed by atoms with E-state index in [0.29, 0.717) is 6.42 Å². The average molecular weight is 285 g/mol. The number of rotatable bonds is 4. The summed E-state index contributed by atoms with van der Waals surface area (Å²) >= 11 is 0. The van der Waals surface area contributed by atoms with Crippen LogP contribution in [-0.4, -0.2) is 36.2 Å². The first-order valence-corrected chi connectivity index (χ1v) is 7.25. The highest BCUT2D eigenvalue weighted by Crippen LogP contribution is 2.22. The van der Waals surface area contributed by atoms with Gasteiger partial charge in [0.2, 0.25) is 5.91 Å². The second kappa shape index (κ2) is 6.92. The van der Waals surface area contributed by atoms with Gasteiger partial charge in [-0.2, -0.15) is 0 Å². The van der Waals surface area contributed by atoms with Crippen LogP contribution in [0.4, 0.5) is 4.79 Å². The van der Waals surface area contributed by atoms with E-state index in [2.05, 4.69) is 10.6 Å². The Balaban J connectivity index is 2.57. The monoisotopic (exact) mass is 285 g/mol. The Morgan fingerprint density at radius 3 is 2.60 bits per heavy atom. The molecule has 1 heterocycles. The van der Waals surface area contributed by atoms with Gasteiger partial charge in [-0.05, 0) is 52.5 Å². The molecule has 0 radical (unpaired) electrons. The van der Waals surface area contributed by atoms with Crippen molar-refractivity contribution < 1.29 is 14.3 Å². The van der Waals surface area contributed by atoms with Crippen LogP contribution in [0.5, 0.6) is 0 Å². The summed E-state index contributed by atoms with van der Waals surface area (Å²) in [5.41, 5.74) is 4.83. The molecule has 0 saturated carbocycles. The number of nitrogens with two attached hydrogens (primary N) is 1. The van der Waals surface area contributed by atoms with E-state index >= 15 is 0 Å². The van der Waals surface area contributed by atoms with Crippen molar-refractivity contribution in [2.75, 3.05) is 6.54 Å². The number of nitrogens with one attached hydrogen (secondary N) is 2. The van der Waals surface area contributed by atoms with E-state index in [9.17, 15) is 9.59 Å². The number of ether oxygens (including phenoxy) is 1. The predicted octanol–water partition coefficient (Wildman–Crippen LogP) is 1.14. The molecule has 0 aromatic carbocycles. The van der Waals surface area contributed by atoms with Crippen LogP contribution >= 0.6 is 0 Å². The summed E-state index contributed by atoms with van der Waals surface area (Å²) in [7, 11) is 0. The normalized spacial score (nSPS) is 24.8. The molecule has 0 aromatic heterocycles. The van der Waals surface area contributed by atoms with Gasteiger partial charge in [0.1, 0.15) is 5.60 Å². The van der Waals surface area contributed by atoms with Crippen LogP contribution in [-0.2, 0) is 9.53 Å². The van der Waals surface area contributed by atoms with Crippen molar-refractivity contribution in [3.63, 3.8) is 0 Å². The van der Waals surface area contributed by atoms with Gasteiger partial charge < -0.3 is 21.1 Å². The Labute approximate surface area is 120 Å². The lowest BCUT2D eigenvalue weighted by molar-refractivity contribution is -0.121. The molecule has 6 nitrogen and oxygen atoms in total. The maximum Gasteiger partial charge on any atom is 0.407 e. The Morgan fingerprint density at radius 2 is 2.10 bits per heavy atom. The Morgan fingerprint density at radius 1 is 1.45 bits per heavy atom. The van der Waals surface area contributed by atoms with Crippen molar-refractivity contribution in [1.29, 1.82) is 0 Å². The molecule has 1 rings (SSSR count). The van der Waals surface area contributed by atoms with Crippen molar-refractivity contribution in [1.82, 2.24) is 10.6 Å². The molecule has 116 valence electrons. The van der Waals surface area contributed by atoms with E-state index in [1.807, 2.05) is 27.7 Å². The van der Waals surface area contributed by atoms with E-state index in [-0.39, 0.29) is 23.9 Å². The van der Waals surface area contributed by atoms with Crippen molar-refractivity contribution >= 4 is 12.0 Å². The minimum atomic E-state index is -0.508. The topological polar surface area (TPSA) is 93.4 Å². The van der Waals surface area contributed by atoms with Crippen LogP contribution in [0.3, 0.4) is 0 Å². The molecular weight excluding hydrogens is 258 g/mol. The number of amides is 2. The number of primary amides is 1. The lowest BCUT2D eigenvalue weighted by Crippen LogP contribution is -2.52. The number of carbonyl (C=O) groups excluding carboxylic acids is 2. The van der Waals surface area contributed by atoms with E-state index in [1.165, 1.54) is 0 Å². The molecule has 1 saturated heterocycles. The lowest BCUT2D eigenvalue weighted by atomic mass is 9.85. The van der Waals surface area contributed by atoms with Gasteiger partial charge in [-0.25, -0.2) is 4.79 Å². The summed E-state index contributed by atoms with van der Waals surface area (Å²) in [5.74, 6) is -0.0897. The number of piperidine rings is 1. The molecule has 2 amide bonds. The van der Waals surface area contributed by atoms with Gasteiger partial charge in [0, 0.05) is 6.04 Å². The summed E-state index contributed by atoms with van der Waals surface area (Å²) in [6, 6.07) is -0.294. The van der Waals surface area contributed by atoms with Gasteiger partial charge in [0.05, 0.1) is 6.04 Å². The molecular formula is C14H27N3O3. The van der Waals surface area contributed by atoms with E-state index in [0.717, 1.165) is 19.4 Å². The first kappa shape index (κ1) is 16.8. The minimum absolute atomic E-state index is 0.00815. The fourth-order valence-electron chi connectivity index (χ4n) is 2.54. The van der Waals surface area contributed by atoms with Crippen molar-refractivity contribution in [2.45, 2.75) is 64.6 Å². The van der Waals surface area contributed by atoms with Crippen LogP contribution in [0.2, 0.25) is 0 Å². The van der Waals surface area contributed by atoms with Crippen molar-refractivity contribution in [3.8, 4) is 0 Å². The van der Waals surface area contributed by atoms with Crippen LogP contribution in [0, 0.1) is 5.92 Å². The zero-order chi connectivity index (χ0) is 15.3. The van der Waals surface area contributed by atoms with Gasteiger partial charge in [-0.15, -0.1) is 0 Å². The third-order valence-corrected chi connectivity index (χ3v) is 3.50. The molecule has 4 N–H and O–H groups in total. The molecule has 20 heavy (non-hydrogen) atoms. The first-order chi connectivity index (χ1) is 9.23. The molecule has 0 aliphatic carbocycles. The van der Waals surface area contributed by atoms with E-state index < -0.39 is 11.7 Å². The predicted molar refractivity (Wildman–Crippen MR) is 77.2 cm³/mol. The molecule has 1 aliphatic heterocycles. The molecule has 3 atom stereocenters. The SMILES string of the molecule is CCC(NC(=O)OC(C)(C)C)C1CCNC(C(N)=O)C1. The molecule has 0 spiro atoms. The van der Waals surface area contributed by atoms with Gasteiger partial charge in [-0.1, -0.05) is 6.92 Å². The van der Waals surface area contributed by atoms with Crippen molar-refractivity contribution in [3.05, 3.63) is 0 Å². The zero-order valence-corrected chi connectivity index (χ0v) is 12.9. The molecule has 6 heteroatoms. The van der Waals surface area contributed by atoms with E-state index in [1.54, 1.807) is 0 Å². The molecule has 1 aliphatic rings. The Kier molecular flexibility index (Phi) is 5.80. The van der Waals surface area contributed by atoms with Crippen LogP contribution in [0.15, 0.2) is 0 Å². The molecule has 1 fully saturated rings. The van der Waals surface area contributed by atoms with Gasteiger partial charge in [-0.3, -0.25) is 4.79 Å². The zero-order valence-electron chi connectivity index (χ0n) is 12.9. The summed E-state index contributed by atoms with van der Waals surface area (Å²) in [6.45, 7) is 8.26. The molecule has 3 unspecified atom stereocenters. The summed E-state index contributed by atoms with van der Waals surface area (Å²) in [5, 5.41) is 6.01. The Hall–Kier alpha value is -1.30. The number of hydrogen-bond acceptors (Lipinski definition) is 4. The maximum absolute atomic E-state index is 11.8. The van der Waals surface area contributed by atoms with Gasteiger partial charge in [0.25, 0.3) is 0 Å².